The van der Waals surface area contributed by atoms with Gasteiger partial charge in [-0.15, -0.1) is 0 Å². The topological polar surface area (TPSA) is 65.1 Å². The van der Waals surface area contributed by atoms with Crippen molar-refractivity contribution in [3.05, 3.63) is 36.5 Å². The van der Waals surface area contributed by atoms with Gasteiger partial charge in [0.05, 0.1) is 19.2 Å². The van der Waals surface area contributed by atoms with Crippen molar-refractivity contribution in [2.24, 2.45) is 11.8 Å². The maximum Gasteiger partial charge on any atom is 0.418 e. The number of carbonyl (C=O) groups is 2. The fourth-order valence-electron chi connectivity index (χ4n) is 3.53. The Hall–Kier alpha value is -2.50. The second kappa shape index (κ2) is 9.81. The standard InChI is InChI=1S/C23H33NO5/c1-7-16(19-15-21(25)28-20(19)8-2)13-14-24(22(26)29-23(3,4)5)17-9-11-18(27-6)12-10-17/h9-14,16,19-20H,7-8,15H2,1-6H3/b14-13-/t16-,19-,20-/m0/s1. The van der Waals surface area contributed by atoms with E-state index in [1.165, 1.54) is 4.90 Å². The largest absolute Gasteiger partial charge is 0.497 e. The average Bonchev–Trinajstić information content (AvgIpc) is 3.04. The lowest BCUT2D eigenvalue weighted by Gasteiger charge is -2.27. The van der Waals surface area contributed by atoms with Crippen LogP contribution < -0.4 is 9.64 Å². The van der Waals surface area contributed by atoms with Crippen LogP contribution in [0.15, 0.2) is 36.5 Å². The lowest BCUT2D eigenvalue weighted by molar-refractivity contribution is -0.141. The highest BCUT2D eigenvalue weighted by Crippen LogP contribution is 2.34. The highest BCUT2D eigenvalue weighted by Gasteiger charge is 2.37. The van der Waals surface area contributed by atoms with Gasteiger partial charge in [-0.25, -0.2) is 4.79 Å². The first-order chi connectivity index (χ1) is 13.7. The van der Waals surface area contributed by atoms with Gasteiger partial charge in [0.15, 0.2) is 0 Å². The smallest absolute Gasteiger partial charge is 0.418 e. The van der Waals surface area contributed by atoms with Crippen molar-refractivity contribution in [2.75, 3.05) is 12.0 Å². The number of amides is 1. The van der Waals surface area contributed by atoms with E-state index in [9.17, 15) is 9.59 Å². The highest BCUT2D eigenvalue weighted by molar-refractivity contribution is 5.90. The summed E-state index contributed by atoms with van der Waals surface area (Å²) in [5.41, 5.74) is 0.0654. The van der Waals surface area contributed by atoms with Gasteiger partial charge in [0.25, 0.3) is 0 Å². The van der Waals surface area contributed by atoms with E-state index in [4.69, 9.17) is 14.2 Å². The fraction of sp³-hybridized carbons (Fsp3) is 0.565. The molecule has 1 amide bonds. The van der Waals surface area contributed by atoms with Crippen molar-refractivity contribution < 1.29 is 23.8 Å². The summed E-state index contributed by atoms with van der Waals surface area (Å²) in [5, 5.41) is 0. The maximum absolute atomic E-state index is 12.9. The lowest BCUT2D eigenvalue weighted by Crippen LogP contribution is -2.34. The summed E-state index contributed by atoms with van der Waals surface area (Å²) >= 11 is 0. The first-order valence-electron chi connectivity index (χ1n) is 10.2. The van der Waals surface area contributed by atoms with E-state index in [2.05, 4.69) is 6.92 Å². The molecule has 0 aromatic heterocycles. The number of cyclic esters (lactones) is 1. The molecule has 1 aromatic rings. The van der Waals surface area contributed by atoms with Gasteiger partial charge in [-0.05, 0) is 63.8 Å². The number of anilines is 1. The Morgan fingerprint density at radius 3 is 2.45 bits per heavy atom. The van der Waals surface area contributed by atoms with Crippen LogP contribution in [0, 0.1) is 11.8 Å². The van der Waals surface area contributed by atoms with Gasteiger partial charge in [0.2, 0.25) is 0 Å². The van der Waals surface area contributed by atoms with Gasteiger partial charge in [0.1, 0.15) is 17.5 Å². The van der Waals surface area contributed by atoms with Crippen LogP contribution >= 0.6 is 0 Å². The van der Waals surface area contributed by atoms with Gasteiger partial charge in [-0.2, -0.15) is 0 Å². The lowest BCUT2D eigenvalue weighted by atomic mass is 9.84. The molecule has 6 heteroatoms. The predicted octanol–water partition coefficient (Wildman–Crippen LogP) is 5.32. The summed E-state index contributed by atoms with van der Waals surface area (Å²) in [6.45, 7) is 9.61. The number of carbonyl (C=O) groups excluding carboxylic acids is 2. The molecule has 6 nitrogen and oxygen atoms in total. The molecule has 1 aliphatic rings. The van der Waals surface area contributed by atoms with E-state index in [0.29, 0.717) is 17.9 Å². The molecule has 3 atom stereocenters. The molecule has 0 N–H and O–H groups in total. The fourth-order valence-corrected chi connectivity index (χ4v) is 3.53. The summed E-state index contributed by atoms with van der Waals surface area (Å²) in [6, 6.07) is 7.22. The Morgan fingerprint density at radius 2 is 1.93 bits per heavy atom. The second-order valence-corrected chi connectivity index (χ2v) is 8.27. The van der Waals surface area contributed by atoms with Gasteiger partial charge in [-0.3, -0.25) is 9.69 Å². The van der Waals surface area contributed by atoms with Crippen LogP contribution in [0.25, 0.3) is 0 Å². The zero-order valence-corrected chi connectivity index (χ0v) is 18.3. The Kier molecular flexibility index (Phi) is 7.71. The molecule has 160 valence electrons. The van der Waals surface area contributed by atoms with Crippen LogP contribution in [-0.2, 0) is 14.3 Å². The molecule has 29 heavy (non-hydrogen) atoms. The van der Waals surface area contributed by atoms with Crippen LogP contribution in [0.3, 0.4) is 0 Å². The number of rotatable bonds is 7. The molecule has 1 fully saturated rings. The number of ether oxygens (including phenoxy) is 3. The molecule has 1 aliphatic heterocycles. The predicted molar refractivity (Wildman–Crippen MR) is 113 cm³/mol. The molecule has 0 spiro atoms. The number of hydrogen-bond donors (Lipinski definition) is 0. The Balaban J connectivity index is 2.29. The third-order valence-electron chi connectivity index (χ3n) is 5.01. The van der Waals surface area contributed by atoms with E-state index in [-0.39, 0.29) is 23.9 Å². The average molecular weight is 404 g/mol. The number of benzene rings is 1. The molecule has 1 heterocycles. The maximum atomic E-state index is 12.9. The van der Waals surface area contributed by atoms with Crippen LogP contribution in [0.5, 0.6) is 5.75 Å². The third-order valence-corrected chi connectivity index (χ3v) is 5.01. The molecular weight excluding hydrogens is 370 g/mol. The zero-order chi connectivity index (χ0) is 21.6. The minimum absolute atomic E-state index is 0.0759. The van der Waals surface area contributed by atoms with Gasteiger partial charge in [-0.1, -0.05) is 19.9 Å². The van der Waals surface area contributed by atoms with Gasteiger partial charge >= 0.3 is 12.1 Å². The molecule has 0 unspecified atom stereocenters. The molecule has 2 rings (SSSR count). The van der Waals surface area contributed by atoms with Gasteiger partial charge < -0.3 is 14.2 Å². The number of methoxy groups -OCH3 is 1. The van der Waals surface area contributed by atoms with Crippen LogP contribution in [-0.4, -0.2) is 30.9 Å². The highest BCUT2D eigenvalue weighted by atomic mass is 16.6. The Morgan fingerprint density at radius 1 is 1.28 bits per heavy atom. The Bertz CT molecular complexity index is 720. The molecule has 1 saturated heterocycles. The SMILES string of the molecule is CC[C@@H](/C=C\N(C(=O)OC(C)(C)C)c1ccc(OC)cc1)[C@@H]1CC(=O)O[C@H]1CC. The molecular formula is C23H33NO5. The van der Waals surface area contributed by atoms with E-state index in [1.54, 1.807) is 25.4 Å². The minimum Gasteiger partial charge on any atom is -0.497 e. The number of nitrogens with zero attached hydrogens (tertiary/aromatic N) is 1. The van der Waals surface area contributed by atoms with Crippen LogP contribution in [0.2, 0.25) is 0 Å². The zero-order valence-electron chi connectivity index (χ0n) is 18.3. The molecule has 0 bridgehead atoms. The van der Waals surface area contributed by atoms with Crippen molar-refractivity contribution in [2.45, 2.75) is 65.6 Å². The summed E-state index contributed by atoms with van der Waals surface area (Å²) in [6.07, 6.45) is 5.25. The van der Waals surface area contributed by atoms with E-state index >= 15 is 0 Å². The number of esters is 1. The quantitative estimate of drug-likeness (QED) is 0.577. The van der Waals surface area contributed by atoms with Crippen molar-refractivity contribution >= 4 is 17.7 Å². The van der Waals surface area contributed by atoms with Gasteiger partial charge in [0, 0.05) is 12.1 Å². The van der Waals surface area contributed by atoms with E-state index < -0.39 is 11.7 Å². The summed E-state index contributed by atoms with van der Waals surface area (Å²) in [5.74, 6) is 0.799. The number of hydrogen-bond acceptors (Lipinski definition) is 5. The Labute approximate surface area is 173 Å². The normalized spacial score (nSPS) is 20.4. The molecule has 1 aromatic carbocycles. The van der Waals surface area contributed by atoms with Crippen LogP contribution in [0.4, 0.5) is 10.5 Å². The van der Waals surface area contributed by atoms with Crippen molar-refractivity contribution in [3.8, 4) is 5.75 Å². The second-order valence-electron chi connectivity index (χ2n) is 8.27. The first-order valence-corrected chi connectivity index (χ1v) is 10.2. The molecule has 0 radical (unpaired) electrons. The van der Waals surface area contributed by atoms with Crippen molar-refractivity contribution in [3.63, 3.8) is 0 Å². The summed E-state index contributed by atoms with van der Waals surface area (Å²) < 4.78 is 16.2. The van der Waals surface area contributed by atoms with E-state index in [1.807, 2.05) is 45.9 Å². The van der Waals surface area contributed by atoms with Crippen molar-refractivity contribution in [1.82, 2.24) is 0 Å². The minimum atomic E-state index is -0.612. The van der Waals surface area contributed by atoms with Crippen molar-refractivity contribution in [1.29, 1.82) is 0 Å². The molecule has 0 aliphatic carbocycles. The third kappa shape index (κ3) is 6.24. The summed E-state index contributed by atoms with van der Waals surface area (Å²) in [7, 11) is 1.60. The first kappa shape index (κ1) is 22.8. The number of allylic oxidation sites excluding steroid dienone is 1. The van der Waals surface area contributed by atoms with E-state index in [0.717, 1.165) is 12.8 Å². The molecule has 0 saturated carbocycles. The van der Waals surface area contributed by atoms with Crippen LogP contribution in [0.1, 0.15) is 53.9 Å². The summed E-state index contributed by atoms with van der Waals surface area (Å²) in [4.78, 5) is 26.1. The monoisotopic (exact) mass is 403 g/mol.